The van der Waals surface area contributed by atoms with Gasteiger partial charge in [0, 0.05) is 0 Å². The van der Waals surface area contributed by atoms with Crippen molar-refractivity contribution in [1.29, 1.82) is 0 Å². The minimum atomic E-state index is 0.138. The molecule has 0 aromatic heterocycles. The smallest absolute Gasteiger partial charge is 0.309 e. The average molecular weight is 321 g/mol. The lowest BCUT2D eigenvalue weighted by molar-refractivity contribution is -0.158. The second kappa shape index (κ2) is 8.03. The Hall–Kier alpha value is -0.530. The van der Waals surface area contributed by atoms with Gasteiger partial charge in [0.15, 0.2) is 0 Å². The maximum absolute atomic E-state index is 12.6. The summed E-state index contributed by atoms with van der Waals surface area (Å²) in [4.78, 5) is 12.6. The number of hydrogen-bond acceptors (Lipinski definition) is 2. The van der Waals surface area contributed by atoms with Gasteiger partial charge in [-0.3, -0.25) is 4.79 Å². The van der Waals surface area contributed by atoms with Gasteiger partial charge in [-0.2, -0.15) is 0 Å². The van der Waals surface area contributed by atoms with Crippen LogP contribution in [0, 0.1) is 29.6 Å². The Labute approximate surface area is 142 Å². The molecule has 3 rings (SSSR count). The predicted molar refractivity (Wildman–Crippen MR) is 94.1 cm³/mol. The largest absolute Gasteiger partial charge is 0.462 e. The van der Waals surface area contributed by atoms with Crippen LogP contribution < -0.4 is 0 Å². The number of carbonyl (C=O) groups is 1. The zero-order valence-corrected chi connectivity index (χ0v) is 15.3. The van der Waals surface area contributed by atoms with Gasteiger partial charge in [0.25, 0.3) is 0 Å². The van der Waals surface area contributed by atoms with Gasteiger partial charge >= 0.3 is 5.97 Å². The normalized spacial score (nSPS) is 41.1. The van der Waals surface area contributed by atoms with E-state index in [1.807, 2.05) is 0 Å². The minimum Gasteiger partial charge on any atom is -0.462 e. The van der Waals surface area contributed by atoms with E-state index in [1.54, 1.807) is 0 Å². The first kappa shape index (κ1) is 17.3. The highest BCUT2D eigenvalue weighted by Crippen LogP contribution is 2.46. The molecule has 0 radical (unpaired) electrons. The Balaban J connectivity index is 1.45. The van der Waals surface area contributed by atoms with Crippen molar-refractivity contribution in [2.75, 3.05) is 0 Å². The molecule has 2 nitrogen and oxygen atoms in total. The maximum atomic E-state index is 12.6. The van der Waals surface area contributed by atoms with Crippen LogP contribution in [-0.2, 0) is 9.53 Å². The van der Waals surface area contributed by atoms with Crippen molar-refractivity contribution in [3.05, 3.63) is 0 Å². The number of rotatable bonds is 4. The summed E-state index contributed by atoms with van der Waals surface area (Å²) in [6.07, 6.45) is 15.3. The first-order valence-electron chi connectivity index (χ1n) is 10.4. The van der Waals surface area contributed by atoms with Crippen molar-refractivity contribution in [2.24, 2.45) is 29.6 Å². The molecule has 4 unspecified atom stereocenters. The van der Waals surface area contributed by atoms with E-state index in [1.165, 1.54) is 51.4 Å². The lowest BCUT2D eigenvalue weighted by Gasteiger charge is -2.42. The van der Waals surface area contributed by atoms with Crippen molar-refractivity contribution in [3.8, 4) is 0 Å². The Bertz CT molecular complexity index is 383. The van der Waals surface area contributed by atoms with Gasteiger partial charge in [0.05, 0.1) is 5.92 Å². The van der Waals surface area contributed by atoms with Gasteiger partial charge in [-0.1, -0.05) is 33.1 Å². The first-order chi connectivity index (χ1) is 11.2. The predicted octanol–water partition coefficient (Wildman–Crippen LogP) is 5.74. The van der Waals surface area contributed by atoms with E-state index < -0.39 is 0 Å². The maximum Gasteiger partial charge on any atom is 0.309 e. The van der Waals surface area contributed by atoms with Crippen molar-refractivity contribution in [1.82, 2.24) is 0 Å². The summed E-state index contributed by atoms with van der Waals surface area (Å²) in [5.41, 5.74) is 0. The third kappa shape index (κ3) is 4.51. The quantitative estimate of drug-likeness (QED) is 0.617. The van der Waals surface area contributed by atoms with E-state index in [4.69, 9.17) is 4.74 Å². The van der Waals surface area contributed by atoms with Gasteiger partial charge in [-0.05, 0) is 81.5 Å². The first-order valence-corrected chi connectivity index (χ1v) is 10.4. The van der Waals surface area contributed by atoms with Crippen LogP contribution in [0.2, 0.25) is 0 Å². The van der Waals surface area contributed by atoms with Crippen LogP contribution in [0.15, 0.2) is 0 Å². The van der Waals surface area contributed by atoms with E-state index in [0.717, 1.165) is 49.4 Å². The topological polar surface area (TPSA) is 26.3 Å². The molecule has 0 heterocycles. The number of ether oxygens (including phenoxy) is 1. The number of hydrogen-bond donors (Lipinski definition) is 0. The van der Waals surface area contributed by atoms with E-state index in [0.29, 0.717) is 0 Å². The van der Waals surface area contributed by atoms with E-state index in [9.17, 15) is 4.79 Å². The standard InChI is InChI=1S/C21H36O2/c1-3-4-16-7-8-18-14-19(10-9-17(18)13-16)21(22)23-20-11-5-15(2)6-12-20/h15-20H,3-14H2,1-2H3. The molecule has 0 amide bonds. The van der Waals surface area contributed by atoms with Crippen molar-refractivity contribution in [3.63, 3.8) is 0 Å². The van der Waals surface area contributed by atoms with Gasteiger partial charge in [0.2, 0.25) is 0 Å². The summed E-state index contributed by atoms with van der Waals surface area (Å²) in [5, 5.41) is 0. The van der Waals surface area contributed by atoms with Crippen molar-refractivity contribution in [2.45, 2.75) is 97.0 Å². The number of esters is 1. The zero-order valence-electron chi connectivity index (χ0n) is 15.3. The average Bonchev–Trinajstić information content (AvgIpc) is 2.56. The molecule has 2 heteroatoms. The molecular weight excluding hydrogens is 284 g/mol. The third-order valence-corrected chi connectivity index (χ3v) is 7.00. The van der Waals surface area contributed by atoms with Crippen LogP contribution in [-0.4, -0.2) is 12.1 Å². The SMILES string of the molecule is CCCC1CCC2CC(C(=O)OC3CCC(C)CC3)CCC2C1. The minimum absolute atomic E-state index is 0.138. The summed E-state index contributed by atoms with van der Waals surface area (Å²) in [5.74, 6) is 3.84. The van der Waals surface area contributed by atoms with Crippen molar-refractivity contribution < 1.29 is 9.53 Å². The van der Waals surface area contributed by atoms with Gasteiger partial charge < -0.3 is 4.74 Å². The molecule has 4 atom stereocenters. The van der Waals surface area contributed by atoms with Crippen LogP contribution >= 0.6 is 0 Å². The molecule has 3 aliphatic carbocycles. The van der Waals surface area contributed by atoms with Crippen molar-refractivity contribution >= 4 is 5.97 Å². The fourth-order valence-corrected chi connectivity index (χ4v) is 5.48. The second-order valence-corrected chi connectivity index (χ2v) is 8.82. The Kier molecular flexibility index (Phi) is 6.04. The summed E-state index contributed by atoms with van der Waals surface area (Å²) in [6.45, 7) is 4.62. The molecule has 132 valence electrons. The Morgan fingerprint density at radius 3 is 2.35 bits per heavy atom. The molecule has 0 saturated heterocycles. The van der Waals surface area contributed by atoms with Gasteiger partial charge in [0.1, 0.15) is 6.10 Å². The highest BCUT2D eigenvalue weighted by atomic mass is 16.5. The molecule has 0 N–H and O–H groups in total. The third-order valence-electron chi connectivity index (χ3n) is 7.00. The molecule has 0 spiro atoms. The van der Waals surface area contributed by atoms with E-state index >= 15 is 0 Å². The summed E-state index contributed by atoms with van der Waals surface area (Å²) in [7, 11) is 0. The Morgan fingerprint density at radius 1 is 0.913 bits per heavy atom. The monoisotopic (exact) mass is 320 g/mol. The molecule has 0 aromatic rings. The number of carbonyl (C=O) groups excluding carboxylic acids is 1. The van der Waals surface area contributed by atoms with E-state index in [-0.39, 0.29) is 18.0 Å². The van der Waals surface area contributed by atoms with Crippen LogP contribution in [0.5, 0.6) is 0 Å². The second-order valence-electron chi connectivity index (χ2n) is 8.82. The Morgan fingerprint density at radius 2 is 1.61 bits per heavy atom. The van der Waals surface area contributed by atoms with Crippen LogP contribution in [0.25, 0.3) is 0 Å². The summed E-state index contributed by atoms with van der Waals surface area (Å²) >= 11 is 0. The molecule has 0 bridgehead atoms. The molecule has 0 aliphatic heterocycles. The number of fused-ring (bicyclic) bond motifs is 1. The van der Waals surface area contributed by atoms with E-state index in [2.05, 4.69) is 13.8 Å². The molecule has 3 saturated carbocycles. The van der Waals surface area contributed by atoms with Gasteiger partial charge in [-0.25, -0.2) is 0 Å². The zero-order chi connectivity index (χ0) is 16.2. The molecular formula is C21H36O2. The highest BCUT2D eigenvalue weighted by Gasteiger charge is 2.38. The summed E-state index contributed by atoms with van der Waals surface area (Å²) in [6, 6.07) is 0. The summed E-state index contributed by atoms with van der Waals surface area (Å²) < 4.78 is 5.88. The molecule has 23 heavy (non-hydrogen) atoms. The lowest BCUT2D eigenvalue weighted by Crippen LogP contribution is -2.35. The van der Waals surface area contributed by atoms with Crippen LogP contribution in [0.3, 0.4) is 0 Å². The lowest BCUT2D eigenvalue weighted by atomic mass is 9.64. The van der Waals surface area contributed by atoms with Crippen LogP contribution in [0.1, 0.15) is 90.9 Å². The van der Waals surface area contributed by atoms with Gasteiger partial charge in [-0.15, -0.1) is 0 Å². The molecule has 3 fully saturated rings. The highest BCUT2D eigenvalue weighted by molar-refractivity contribution is 5.72. The fraction of sp³-hybridized carbons (Fsp3) is 0.952. The molecule has 0 aromatic carbocycles. The fourth-order valence-electron chi connectivity index (χ4n) is 5.48. The molecule has 3 aliphatic rings. The van der Waals surface area contributed by atoms with Crippen LogP contribution in [0.4, 0.5) is 0 Å².